The molecule has 1 heteroatoms. The van der Waals surface area contributed by atoms with Crippen LogP contribution in [-0.2, 0) is 0 Å². The lowest BCUT2D eigenvalue weighted by atomic mass is 10.2. The van der Waals surface area contributed by atoms with E-state index in [2.05, 4.69) is 6.92 Å². The fourth-order valence-corrected chi connectivity index (χ4v) is 0.521. The molecule has 0 radical (unpaired) electrons. The van der Waals surface area contributed by atoms with Gasteiger partial charge in [0.2, 0.25) is 0 Å². The second kappa shape index (κ2) is 5.42. The molecule has 0 saturated heterocycles. The van der Waals surface area contributed by atoms with Crippen molar-refractivity contribution in [2.75, 3.05) is 0 Å². The molecule has 0 rings (SSSR count). The highest BCUT2D eigenvalue weighted by atomic mass is 16.2. The average molecular weight is 126 g/mol. The van der Waals surface area contributed by atoms with E-state index in [9.17, 15) is 0 Å². The van der Waals surface area contributed by atoms with Crippen LogP contribution in [0.3, 0.4) is 0 Å². The number of aliphatic hydroxyl groups excluding tert-OH is 1. The summed E-state index contributed by atoms with van der Waals surface area (Å²) in [5.74, 6) is 0. The van der Waals surface area contributed by atoms with Gasteiger partial charge in [-0.15, -0.1) is 0 Å². The van der Waals surface area contributed by atoms with Crippen molar-refractivity contribution in [3.8, 4) is 0 Å². The molecule has 0 heterocycles. The molecule has 0 fully saturated rings. The van der Waals surface area contributed by atoms with Crippen LogP contribution in [-0.4, -0.2) is 5.11 Å². The molecule has 0 saturated carbocycles. The van der Waals surface area contributed by atoms with Gasteiger partial charge in [0.15, 0.2) is 0 Å². The van der Waals surface area contributed by atoms with Gasteiger partial charge < -0.3 is 5.11 Å². The number of rotatable bonds is 3. The highest BCUT2D eigenvalue weighted by molar-refractivity contribution is 5.14. The van der Waals surface area contributed by atoms with Gasteiger partial charge in [0.25, 0.3) is 0 Å². The van der Waals surface area contributed by atoms with Gasteiger partial charge in [-0.3, -0.25) is 0 Å². The largest absolute Gasteiger partial charge is 0.515 e. The number of aliphatic hydroxyl groups is 1. The van der Waals surface area contributed by atoms with Gasteiger partial charge in [-0.05, 0) is 18.4 Å². The summed E-state index contributed by atoms with van der Waals surface area (Å²) in [6.45, 7) is 4.09. The quantitative estimate of drug-likeness (QED) is 0.455. The van der Waals surface area contributed by atoms with Crippen LogP contribution in [0, 0.1) is 0 Å². The van der Waals surface area contributed by atoms with Crippen LogP contribution in [0.2, 0.25) is 0 Å². The lowest BCUT2D eigenvalue weighted by Gasteiger charge is -1.90. The highest BCUT2D eigenvalue weighted by Crippen LogP contribution is 2.00. The van der Waals surface area contributed by atoms with Gasteiger partial charge in [-0.1, -0.05) is 26.0 Å². The summed E-state index contributed by atoms with van der Waals surface area (Å²) >= 11 is 0. The Kier molecular flexibility index (Phi) is 4.98. The Bertz CT molecular complexity index is 112. The molecule has 1 nitrogen and oxygen atoms in total. The van der Waals surface area contributed by atoms with E-state index < -0.39 is 0 Å². The van der Waals surface area contributed by atoms with Gasteiger partial charge in [-0.25, -0.2) is 0 Å². The van der Waals surface area contributed by atoms with E-state index in [1.54, 1.807) is 0 Å². The van der Waals surface area contributed by atoms with Crippen LogP contribution in [0.1, 0.15) is 26.7 Å². The third kappa shape index (κ3) is 3.83. The van der Waals surface area contributed by atoms with Gasteiger partial charge in [0.1, 0.15) is 0 Å². The van der Waals surface area contributed by atoms with Gasteiger partial charge in [0, 0.05) is 0 Å². The van der Waals surface area contributed by atoms with Crippen molar-refractivity contribution in [2.45, 2.75) is 26.7 Å². The molecule has 9 heavy (non-hydrogen) atoms. The molecule has 0 aromatic heterocycles. The van der Waals surface area contributed by atoms with Gasteiger partial charge >= 0.3 is 0 Å². The van der Waals surface area contributed by atoms with Crippen LogP contribution in [0.5, 0.6) is 0 Å². The molecule has 0 aliphatic rings. The van der Waals surface area contributed by atoms with E-state index in [0.717, 1.165) is 24.7 Å². The van der Waals surface area contributed by atoms with Gasteiger partial charge in [0.05, 0.1) is 6.26 Å². The Balaban J connectivity index is 3.70. The number of allylic oxidation sites excluding steroid dienone is 3. The second-order valence-corrected chi connectivity index (χ2v) is 1.87. The third-order valence-corrected chi connectivity index (χ3v) is 1.14. The first-order chi connectivity index (χ1) is 4.35. The van der Waals surface area contributed by atoms with Crippen LogP contribution >= 0.6 is 0 Å². The predicted octanol–water partition coefficient (Wildman–Crippen LogP) is 2.80. The van der Waals surface area contributed by atoms with Crippen LogP contribution in [0.25, 0.3) is 0 Å². The van der Waals surface area contributed by atoms with E-state index >= 15 is 0 Å². The summed E-state index contributed by atoms with van der Waals surface area (Å²) in [7, 11) is 0. The number of hydrogen-bond donors (Lipinski definition) is 1. The monoisotopic (exact) mass is 126 g/mol. The maximum Gasteiger partial charge on any atom is 0.0823 e. The van der Waals surface area contributed by atoms with Crippen molar-refractivity contribution in [3.63, 3.8) is 0 Å². The van der Waals surface area contributed by atoms with Crippen molar-refractivity contribution in [1.82, 2.24) is 0 Å². The Hall–Kier alpha value is -0.720. The SMILES string of the molecule is CC/C=C/C(=C/O)CC. The maximum atomic E-state index is 8.54. The molecule has 52 valence electrons. The van der Waals surface area contributed by atoms with Crippen molar-refractivity contribution < 1.29 is 5.11 Å². The summed E-state index contributed by atoms with van der Waals surface area (Å²) in [6, 6.07) is 0. The Morgan fingerprint density at radius 3 is 2.44 bits per heavy atom. The first-order valence-electron chi connectivity index (χ1n) is 3.34. The molecule has 0 aliphatic heterocycles. The maximum absolute atomic E-state index is 8.54. The Morgan fingerprint density at radius 2 is 2.11 bits per heavy atom. The van der Waals surface area contributed by atoms with E-state index in [1.807, 2.05) is 19.1 Å². The molecule has 1 N–H and O–H groups in total. The molecule has 0 aliphatic carbocycles. The van der Waals surface area contributed by atoms with Crippen LogP contribution in [0.15, 0.2) is 24.0 Å². The minimum absolute atomic E-state index is 0.896. The zero-order chi connectivity index (χ0) is 7.11. The van der Waals surface area contributed by atoms with E-state index in [-0.39, 0.29) is 0 Å². The summed E-state index contributed by atoms with van der Waals surface area (Å²) in [6.07, 6.45) is 7.06. The molecule has 0 bridgehead atoms. The molecular formula is C8H14O. The van der Waals surface area contributed by atoms with E-state index in [4.69, 9.17) is 5.11 Å². The molecular weight excluding hydrogens is 112 g/mol. The Labute approximate surface area is 56.7 Å². The summed E-state index contributed by atoms with van der Waals surface area (Å²) in [4.78, 5) is 0. The highest BCUT2D eigenvalue weighted by Gasteiger charge is 1.82. The van der Waals surface area contributed by atoms with Crippen LogP contribution in [0.4, 0.5) is 0 Å². The summed E-state index contributed by atoms with van der Waals surface area (Å²) < 4.78 is 0. The zero-order valence-electron chi connectivity index (χ0n) is 6.09. The third-order valence-electron chi connectivity index (χ3n) is 1.14. The molecule has 0 unspecified atom stereocenters. The van der Waals surface area contributed by atoms with E-state index in [0.29, 0.717) is 0 Å². The van der Waals surface area contributed by atoms with Crippen LogP contribution < -0.4 is 0 Å². The van der Waals surface area contributed by atoms with E-state index in [1.165, 1.54) is 0 Å². The first kappa shape index (κ1) is 8.28. The minimum Gasteiger partial charge on any atom is -0.515 e. The van der Waals surface area contributed by atoms with Crippen molar-refractivity contribution >= 4 is 0 Å². The first-order valence-corrected chi connectivity index (χ1v) is 3.34. The number of hydrogen-bond acceptors (Lipinski definition) is 1. The smallest absolute Gasteiger partial charge is 0.0823 e. The average Bonchev–Trinajstić information content (AvgIpc) is 1.91. The van der Waals surface area contributed by atoms with Crippen molar-refractivity contribution in [2.24, 2.45) is 0 Å². The van der Waals surface area contributed by atoms with Gasteiger partial charge in [-0.2, -0.15) is 0 Å². The Morgan fingerprint density at radius 1 is 1.44 bits per heavy atom. The normalized spacial score (nSPS) is 12.9. The topological polar surface area (TPSA) is 20.2 Å². The molecule has 0 atom stereocenters. The van der Waals surface area contributed by atoms with Crippen molar-refractivity contribution in [1.29, 1.82) is 0 Å². The molecule has 0 spiro atoms. The zero-order valence-corrected chi connectivity index (χ0v) is 6.09. The molecule has 0 aromatic carbocycles. The molecule has 0 amide bonds. The second-order valence-electron chi connectivity index (χ2n) is 1.87. The summed E-state index contributed by atoms with van der Waals surface area (Å²) in [5, 5.41) is 8.54. The predicted molar refractivity (Wildman–Crippen MR) is 40.4 cm³/mol. The standard InChI is InChI=1S/C8H14O/c1-3-5-6-8(4-2)7-9/h5-7,9H,3-4H2,1-2H3/b6-5+,8-7+. The van der Waals surface area contributed by atoms with Crippen molar-refractivity contribution in [3.05, 3.63) is 24.0 Å². The lowest BCUT2D eigenvalue weighted by Crippen LogP contribution is -1.72. The minimum atomic E-state index is 0.896. The summed E-state index contributed by atoms with van der Waals surface area (Å²) in [5.41, 5.74) is 0.983. The lowest BCUT2D eigenvalue weighted by molar-refractivity contribution is 0.467. The fraction of sp³-hybridized carbons (Fsp3) is 0.500. The fourth-order valence-electron chi connectivity index (χ4n) is 0.521. The molecule has 0 aromatic rings.